The quantitative estimate of drug-likeness (QED) is 0.400. The highest BCUT2D eigenvalue weighted by Crippen LogP contribution is 2.18. The van der Waals surface area contributed by atoms with E-state index >= 15 is 0 Å². The highest BCUT2D eigenvalue weighted by molar-refractivity contribution is 5.80. The van der Waals surface area contributed by atoms with Crippen molar-refractivity contribution in [1.82, 2.24) is 20.4 Å². The molecule has 2 aliphatic rings. The molecule has 1 saturated carbocycles. The molecule has 9 nitrogen and oxygen atoms in total. The number of benzene rings is 1. The van der Waals surface area contributed by atoms with Crippen molar-refractivity contribution in [2.75, 3.05) is 46.4 Å². The molecule has 2 fully saturated rings. The molecule has 4 N–H and O–H groups in total. The van der Waals surface area contributed by atoms with Crippen LogP contribution in [0.15, 0.2) is 29.3 Å². The fraction of sp³-hybridized carbons (Fsp3) is 0.550. The van der Waals surface area contributed by atoms with E-state index in [0.717, 1.165) is 50.5 Å². The van der Waals surface area contributed by atoms with Crippen LogP contribution in [0.4, 0.5) is 0 Å². The van der Waals surface area contributed by atoms with E-state index in [4.69, 9.17) is 10.5 Å². The summed E-state index contributed by atoms with van der Waals surface area (Å²) < 4.78 is 5.35. The molecule has 3 rings (SSSR count). The van der Waals surface area contributed by atoms with Crippen LogP contribution in [-0.4, -0.2) is 80.0 Å². The number of amides is 2. The Labute approximate surface area is 171 Å². The smallest absolute Gasteiger partial charge is 0.255 e. The van der Waals surface area contributed by atoms with Crippen LogP contribution in [0.3, 0.4) is 0 Å². The molecule has 1 saturated heterocycles. The molecule has 0 atom stereocenters. The number of primary amides is 1. The molecular formula is C20H30N6O3. The summed E-state index contributed by atoms with van der Waals surface area (Å²) in [6.07, 6.45) is 2.23. The van der Waals surface area contributed by atoms with Crippen molar-refractivity contribution >= 4 is 17.8 Å². The Balaban J connectivity index is 1.43. The minimum Gasteiger partial charge on any atom is -0.484 e. The monoisotopic (exact) mass is 402 g/mol. The number of rotatable bonds is 8. The van der Waals surface area contributed by atoms with Gasteiger partial charge in [0.05, 0.1) is 6.54 Å². The summed E-state index contributed by atoms with van der Waals surface area (Å²) in [5, 5.41) is 6.41. The van der Waals surface area contributed by atoms with Crippen molar-refractivity contribution in [3.8, 4) is 5.75 Å². The van der Waals surface area contributed by atoms with Crippen LogP contribution in [-0.2, 0) is 16.1 Å². The first-order valence-corrected chi connectivity index (χ1v) is 10.0. The summed E-state index contributed by atoms with van der Waals surface area (Å²) in [4.78, 5) is 31.6. The van der Waals surface area contributed by atoms with Crippen LogP contribution in [0, 0.1) is 0 Å². The van der Waals surface area contributed by atoms with Gasteiger partial charge < -0.3 is 26.0 Å². The van der Waals surface area contributed by atoms with Gasteiger partial charge in [0.25, 0.3) is 5.91 Å². The van der Waals surface area contributed by atoms with Gasteiger partial charge in [-0.25, -0.2) is 0 Å². The van der Waals surface area contributed by atoms with Crippen LogP contribution in [0.2, 0.25) is 0 Å². The Kier molecular flexibility index (Phi) is 7.29. The molecule has 1 aromatic carbocycles. The summed E-state index contributed by atoms with van der Waals surface area (Å²) in [5.41, 5.74) is 6.13. The molecule has 1 aromatic rings. The molecule has 29 heavy (non-hydrogen) atoms. The van der Waals surface area contributed by atoms with E-state index in [2.05, 4.69) is 25.4 Å². The van der Waals surface area contributed by atoms with E-state index in [1.54, 1.807) is 13.1 Å². The summed E-state index contributed by atoms with van der Waals surface area (Å²) in [5.74, 6) is 1.06. The van der Waals surface area contributed by atoms with Crippen molar-refractivity contribution in [3.63, 3.8) is 0 Å². The van der Waals surface area contributed by atoms with E-state index in [1.165, 1.54) is 0 Å². The lowest BCUT2D eigenvalue weighted by Gasteiger charge is -2.36. The van der Waals surface area contributed by atoms with Gasteiger partial charge >= 0.3 is 0 Å². The molecule has 1 aliphatic carbocycles. The Morgan fingerprint density at radius 2 is 2.00 bits per heavy atom. The number of piperazine rings is 1. The Morgan fingerprint density at radius 3 is 2.66 bits per heavy atom. The third-order valence-corrected chi connectivity index (χ3v) is 4.92. The minimum atomic E-state index is -0.502. The van der Waals surface area contributed by atoms with E-state index < -0.39 is 5.91 Å². The summed E-state index contributed by atoms with van der Waals surface area (Å²) in [6.45, 7) is 4.21. The predicted octanol–water partition coefficient (Wildman–Crippen LogP) is -0.478. The topological polar surface area (TPSA) is 112 Å². The fourth-order valence-electron chi connectivity index (χ4n) is 3.23. The Bertz CT molecular complexity index is 741. The van der Waals surface area contributed by atoms with Crippen LogP contribution in [0.25, 0.3) is 0 Å². The van der Waals surface area contributed by atoms with Crippen molar-refractivity contribution in [2.45, 2.75) is 25.4 Å². The van der Waals surface area contributed by atoms with E-state index in [1.807, 2.05) is 18.2 Å². The van der Waals surface area contributed by atoms with Gasteiger partial charge in [0.2, 0.25) is 5.91 Å². The minimum absolute atomic E-state index is 0.127. The standard InChI is InChI=1S/C20H30N6O3/c1-22-20(23-12-15-3-2-4-17(11-15)29-14-18(21)27)26-9-7-25(8-10-26)13-19(28)24-16-5-6-16/h2-4,11,16H,5-10,12-14H2,1H3,(H2,21,27)(H,22,23)(H,24,28). The lowest BCUT2D eigenvalue weighted by Crippen LogP contribution is -2.54. The van der Waals surface area contributed by atoms with Gasteiger partial charge in [0, 0.05) is 45.8 Å². The van der Waals surface area contributed by atoms with Crippen molar-refractivity contribution in [2.24, 2.45) is 10.7 Å². The number of carbonyl (C=O) groups is 2. The number of nitrogens with two attached hydrogens (primary N) is 1. The van der Waals surface area contributed by atoms with Crippen LogP contribution >= 0.6 is 0 Å². The van der Waals surface area contributed by atoms with E-state index in [9.17, 15) is 9.59 Å². The zero-order chi connectivity index (χ0) is 20.6. The highest BCUT2D eigenvalue weighted by atomic mass is 16.5. The fourth-order valence-corrected chi connectivity index (χ4v) is 3.23. The normalized spacial score (nSPS) is 17.7. The number of nitrogens with one attached hydrogen (secondary N) is 2. The molecule has 158 valence electrons. The number of aliphatic imine (C=N–C) groups is 1. The number of hydrogen-bond donors (Lipinski definition) is 3. The molecule has 0 aromatic heterocycles. The first-order valence-electron chi connectivity index (χ1n) is 10.0. The summed E-state index contributed by atoms with van der Waals surface area (Å²) >= 11 is 0. The van der Waals surface area contributed by atoms with Gasteiger partial charge in [0.15, 0.2) is 12.6 Å². The molecule has 0 spiro atoms. The van der Waals surface area contributed by atoms with Crippen LogP contribution in [0.5, 0.6) is 5.75 Å². The molecule has 9 heteroatoms. The Morgan fingerprint density at radius 1 is 1.24 bits per heavy atom. The zero-order valence-electron chi connectivity index (χ0n) is 16.9. The second kappa shape index (κ2) is 10.1. The third-order valence-electron chi connectivity index (χ3n) is 4.92. The molecule has 2 amide bonds. The van der Waals surface area contributed by atoms with E-state index in [0.29, 0.717) is 24.9 Å². The maximum absolute atomic E-state index is 12.0. The number of nitrogens with zero attached hydrogens (tertiary/aromatic N) is 3. The van der Waals surface area contributed by atoms with E-state index in [-0.39, 0.29) is 12.5 Å². The lowest BCUT2D eigenvalue weighted by molar-refractivity contribution is -0.122. The number of hydrogen-bond acceptors (Lipinski definition) is 5. The molecule has 0 radical (unpaired) electrons. The predicted molar refractivity (Wildman–Crippen MR) is 111 cm³/mol. The average Bonchev–Trinajstić information content (AvgIpc) is 3.52. The summed E-state index contributed by atoms with van der Waals surface area (Å²) in [6, 6.07) is 7.93. The molecular weight excluding hydrogens is 372 g/mol. The molecule has 0 bridgehead atoms. The Hall–Kier alpha value is -2.81. The molecule has 0 unspecified atom stereocenters. The van der Waals surface area contributed by atoms with Gasteiger partial charge in [-0.3, -0.25) is 19.5 Å². The van der Waals surface area contributed by atoms with Crippen LogP contribution in [0.1, 0.15) is 18.4 Å². The zero-order valence-corrected chi connectivity index (χ0v) is 16.9. The number of ether oxygens (including phenoxy) is 1. The lowest BCUT2D eigenvalue weighted by atomic mass is 10.2. The maximum atomic E-state index is 12.0. The first kappa shape index (κ1) is 20.9. The SMILES string of the molecule is CN=C(NCc1cccc(OCC(N)=O)c1)N1CCN(CC(=O)NC2CC2)CC1. The van der Waals surface area contributed by atoms with Gasteiger partial charge in [-0.15, -0.1) is 0 Å². The van der Waals surface area contributed by atoms with Gasteiger partial charge in [-0.05, 0) is 30.5 Å². The molecule has 1 aliphatic heterocycles. The van der Waals surface area contributed by atoms with Crippen molar-refractivity contribution in [3.05, 3.63) is 29.8 Å². The molecule has 1 heterocycles. The average molecular weight is 402 g/mol. The largest absolute Gasteiger partial charge is 0.484 e. The maximum Gasteiger partial charge on any atom is 0.255 e. The number of carbonyl (C=O) groups excluding carboxylic acids is 2. The first-order chi connectivity index (χ1) is 14.0. The van der Waals surface area contributed by atoms with Crippen molar-refractivity contribution in [1.29, 1.82) is 0 Å². The summed E-state index contributed by atoms with van der Waals surface area (Å²) in [7, 11) is 1.77. The number of guanidine groups is 1. The van der Waals surface area contributed by atoms with Gasteiger partial charge in [-0.2, -0.15) is 0 Å². The third kappa shape index (κ3) is 6.94. The second-order valence-corrected chi connectivity index (χ2v) is 7.41. The van der Waals surface area contributed by atoms with Crippen LogP contribution < -0.4 is 21.1 Å². The van der Waals surface area contributed by atoms with Gasteiger partial charge in [-0.1, -0.05) is 12.1 Å². The highest BCUT2D eigenvalue weighted by Gasteiger charge is 2.25. The second-order valence-electron chi connectivity index (χ2n) is 7.41. The van der Waals surface area contributed by atoms with Gasteiger partial charge in [0.1, 0.15) is 5.75 Å². The van der Waals surface area contributed by atoms with Crippen molar-refractivity contribution < 1.29 is 14.3 Å².